The summed E-state index contributed by atoms with van der Waals surface area (Å²) in [6.45, 7) is 6.93. The number of fused-ring (bicyclic) bond motifs is 1. The lowest BCUT2D eigenvalue weighted by atomic mass is 9.98. The van der Waals surface area contributed by atoms with Crippen LogP contribution < -0.4 is 21.3 Å². The van der Waals surface area contributed by atoms with Crippen molar-refractivity contribution in [3.63, 3.8) is 0 Å². The maximum atomic E-state index is 13.6. The van der Waals surface area contributed by atoms with Crippen molar-refractivity contribution in [2.75, 3.05) is 30.4 Å². The van der Waals surface area contributed by atoms with Crippen LogP contribution in [0.1, 0.15) is 31.2 Å². The number of halogens is 1. The smallest absolute Gasteiger partial charge is 0.319 e. The van der Waals surface area contributed by atoms with E-state index < -0.39 is 12.1 Å². The Morgan fingerprint density at radius 2 is 2.00 bits per heavy atom. The summed E-state index contributed by atoms with van der Waals surface area (Å²) >= 11 is 0. The van der Waals surface area contributed by atoms with Crippen molar-refractivity contribution in [3.05, 3.63) is 47.7 Å². The molecule has 0 radical (unpaired) electrons. The Morgan fingerprint density at radius 3 is 2.63 bits per heavy atom. The maximum absolute atomic E-state index is 13.6. The number of likely N-dealkylation sites (N-methyl/N-ethyl adjacent to an activating group) is 1. The highest BCUT2D eigenvalue weighted by Gasteiger charge is 2.25. The molecule has 1 atom stereocenters. The number of hydrogen-bond acceptors (Lipinski definition) is 6. The minimum Gasteiger partial charge on any atom is -0.459 e. The van der Waals surface area contributed by atoms with Crippen LogP contribution in [0.3, 0.4) is 0 Å². The summed E-state index contributed by atoms with van der Waals surface area (Å²) in [5.41, 5.74) is 7.39. The van der Waals surface area contributed by atoms with Gasteiger partial charge in [-0.05, 0) is 31.0 Å². The lowest BCUT2D eigenvalue weighted by molar-refractivity contribution is 0.241. The summed E-state index contributed by atoms with van der Waals surface area (Å²) in [5, 5.41) is 6.37. The number of carbonyl (C=O) groups is 1. The van der Waals surface area contributed by atoms with Crippen LogP contribution in [0, 0.1) is 18.7 Å². The van der Waals surface area contributed by atoms with E-state index in [9.17, 15) is 9.18 Å². The number of nitrogens with zero attached hydrogens (tertiary/aromatic N) is 3. The molecule has 0 bridgehead atoms. The van der Waals surface area contributed by atoms with Gasteiger partial charge in [0.25, 0.3) is 0 Å². The van der Waals surface area contributed by atoms with E-state index >= 15 is 0 Å². The standard InChI is InChI=1S/C21H27FN6O2/c1-12(2)18(19-13(3)16-9-14(22)5-6-17(16)30-19)27-21(29)26-15-10-24-20(25-11-15)28(4)8-7-23/h5-6,9-12,18H,7-8,23H2,1-4H3,(H2,26,27,29). The van der Waals surface area contributed by atoms with Gasteiger partial charge in [-0.1, -0.05) is 13.8 Å². The Balaban J connectivity index is 1.74. The van der Waals surface area contributed by atoms with Gasteiger partial charge in [-0.25, -0.2) is 19.2 Å². The third-order valence-corrected chi connectivity index (χ3v) is 4.87. The molecule has 1 unspecified atom stereocenters. The highest BCUT2D eigenvalue weighted by molar-refractivity contribution is 5.89. The third kappa shape index (κ3) is 4.68. The molecule has 1 aromatic carbocycles. The summed E-state index contributed by atoms with van der Waals surface area (Å²) in [7, 11) is 1.84. The van der Waals surface area contributed by atoms with Crippen molar-refractivity contribution >= 4 is 28.6 Å². The zero-order valence-electron chi connectivity index (χ0n) is 17.6. The molecule has 3 rings (SSSR count). The van der Waals surface area contributed by atoms with E-state index in [1.807, 2.05) is 32.7 Å². The number of anilines is 2. The molecule has 0 aliphatic rings. The number of nitrogens with two attached hydrogens (primary N) is 1. The number of carbonyl (C=O) groups excluding carboxylic acids is 1. The molecule has 0 aliphatic heterocycles. The minimum absolute atomic E-state index is 0.0448. The van der Waals surface area contributed by atoms with Crippen LogP contribution in [0.5, 0.6) is 0 Å². The maximum Gasteiger partial charge on any atom is 0.319 e. The van der Waals surface area contributed by atoms with E-state index in [1.54, 1.807) is 6.07 Å². The monoisotopic (exact) mass is 414 g/mol. The molecule has 160 valence electrons. The van der Waals surface area contributed by atoms with Gasteiger partial charge < -0.3 is 25.7 Å². The molecule has 2 heterocycles. The molecule has 2 aromatic heterocycles. The summed E-state index contributed by atoms with van der Waals surface area (Å²) in [4.78, 5) is 22.9. The van der Waals surface area contributed by atoms with Crippen LogP contribution in [-0.2, 0) is 0 Å². The number of nitrogens with one attached hydrogen (secondary N) is 2. The second kappa shape index (κ2) is 9.08. The quantitative estimate of drug-likeness (QED) is 0.545. The second-order valence-electron chi connectivity index (χ2n) is 7.53. The van der Waals surface area contributed by atoms with E-state index in [2.05, 4.69) is 20.6 Å². The summed E-state index contributed by atoms with van der Waals surface area (Å²) in [5.74, 6) is 0.848. The van der Waals surface area contributed by atoms with Crippen molar-refractivity contribution in [1.82, 2.24) is 15.3 Å². The van der Waals surface area contributed by atoms with Crippen molar-refractivity contribution in [2.24, 2.45) is 11.7 Å². The van der Waals surface area contributed by atoms with Crippen LogP contribution >= 0.6 is 0 Å². The molecular weight excluding hydrogens is 387 g/mol. The predicted molar refractivity (Wildman–Crippen MR) is 115 cm³/mol. The second-order valence-corrected chi connectivity index (χ2v) is 7.53. The van der Waals surface area contributed by atoms with Crippen molar-refractivity contribution in [1.29, 1.82) is 0 Å². The number of amides is 2. The lowest BCUT2D eigenvalue weighted by Gasteiger charge is -2.21. The molecule has 8 nitrogen and oxygen atoms in total. The Morgan fingerprint density at radius 1 is 1.30 bits per heavy atom. The largest absolute Gasteiger partial charge is 0.459 e. The van der Waals surface area contributed by atoms with Gasteiger partial charge in [0.1, 0.15) is 17.2 Å². The molecule has 0 spiro atoms. The van der Waals surface area contributed by atoms with Crippen molar-refractivity contribution in [2.45, 2.75) is 26.8 Å². The third-order valence-electron chi connectivity index (χ3n) is 4.87. The highest BCUT2D eigenvalue weighted by atomic mass is 19.1. The molecule has 2 amide bonds. The number of rotatable bonds is 7. The lowest BCUT2D eigenvalue weighted by Crippen LogP contribution is -2.35. The van der Waals surface area contributed by atoms with Crippen molar-refractivity contribution < 1.29 is 13.6 Å². The van der Waals surface area contributed by atoms with Gasteiger partial charge >= 0.3 is 6.03 Å². The summed E-state index contributed by atoms with van der Waals surface area (Å²) in [6.07, 6.45) is 3.07. The van der Waals surface area contributed by atoms with Gasteiger partial charge in [0.15, 0.2) is 0 Å². The van der Waals surface area contributed by atoms with Gasteiger partial charge in [-0.15, -0.1) is 0 Å². The van der Waals surface area contributed by atoms with E-state index in [4.69, 9.17) is 10.2 Å². The Labute approximate surface area is 174 Å². The van der Waals surface area contributed by atoms with Gasteiger partial charge in [0, 0.05) is 31.1 Å². The fraction of sp³-hybridized carbons (Fsp3) is 0.381. The Kier molecular flexibility index (Phi) is 6.51. The average Bonchev–Trinajstić information content (AvgIpc) is 3.02. The summed E-state index contributed by atoms with van der Waals surface area (Å²) in [6, 6.07) is 3.59. The minimum atomic E-state index is -0.411. The van der Waals surface area contributed by atoms with Gasteiger partial charge in [0.05, 0.1) is 24.1 Å². The number of aromatic nitrogens is 2. The van der Waals surface area contributed by atoms with Gasteiger partial charge in [0.2, 0.25) is 5.95 Å². The Bertz CT molecular complexity index is 1020. The highest BCUT2D eigenvalue weighted by Crippen LogP contribution is 2.33. The fourth-order valence-corrected chi connectivity index (χ4v) is 3.23. The molecular formula is C21H27FN6O2. The molecule has 0 aliphatic carbocycles. The first kappa shape index (κ1) is 21.5. The molecule has 3 aromatic rings. The number of hydrogen-bond donors (Lipinski definition) is 3. The van der Waals surface area contributed by atoms with Gasteiger partial charge in [-0.2, -0.15) is 0 Å². The number of urea groups is 1. The van der Waals surface area contributed by atoms with E-state index in [-0.39, 0.29) is 11.7 Å². The number of furan rings is 1. The number of aryl methyl sites for hydroxylation is 1. The average molecular weight is 414 g/mol. The molecule has 4 N–H and O–H groups in total. The van der Waals surface area contributed by atoms with Crippen LogP contribution in [-0.4, -0.2) is 36.1 Å². The zero-order valence-corrected chi connectivity index (χ0v) is 17.6. The number of benzene rings is 1. The van der Waals surface area contributed by atoms with E-state index in [1.165, 1.54) is 24.5 Å². The van der Waals surface area contributed by atoms with Crippen LogP contribution in [0.25, 0.3) is 11.0 Å². The molecule has 0 fully saturated rings. The fourth-order valence-electron chi connectivity index (χ4n) is 3.23. The first-order valence-corrected chi connectivity index (χ1v) is 9.79. The predicted octanol–water partition coefficient (Wildman–Crippen LogP) is 3.58. The van der Waals surface area contributed by atoms with Crippen molar-refractivity contribution in [3.8, 4) is 0 Å². The topological polar surface area (TPSA) is 109 Å². The van der Waals surface area contributed by atoms with Crippen LogP contribution in [0.4, 0.5) is 20.8 Å². The molecule has 0 saturated heterocycles. The Hall–Kier alpha value is -3.20. The normalized spacial score (nSPS) is 12.2. The molecule has 9 heteroatoms. The van der Waals surface area contributed by atoms with Gasteiger partial charge in [-0.3, -0.25) is 0 Å². The van der Waals surface area contributed by atoms with Crippen LogP contribution in [0.2, 0.25) is 0 Å². The van der Waals surface area contributed by atoms with Crippen LogP contribution in [0.15, 0.2) is 35.0 Å². The first-order chi connectivity index (χ1) is 14.3. The zero-order chi connectivity index (χ0) is 21.8. The van der Waals surface area contributed by atoms with E-state index in [0.29, 0.717) is 41.5 Å². The summed E-state index contributed by atoms with van der Waals surface area (Å²) < 4.78 is 19.6. The SMILES string of the molecule is Cc1c(C(NC(=O)Nc2cnc(N(C)CCN)nc2)C(C)C)oc2ccc(F)cc12. The molecule has 30 heavy (non-hydrogen) atoms. The van der Waals surface area contributed by atoms with E-state index in [0.717, 1.165) is 5.56 Å². The molecule has 0 saturated carbocycles. The first-order valence-electron chi connectivity index (χ1n) is 9.79.